The van der Waals surface area contributed by atoms with Gasteiger partial charge in [-0.1, -0.05) is 31.5 Å². The second-order valence-corrected chi connectivity index (χ2v) is 5.50. The molecule has 92 valence electrons. The van der Waals surface area contributed by atoms with Crippen LogP contribution < -0.4 is 4.74 Å². The van der Waals surface area contributed by atoms with E-state index in [4.69, 9.17) is 4.74 Å². The standard InChI is InChI=1S/C15H20O2/c1-2-5-12-9-15(12,16)13-8-11-6-3-4-7-14(11)17-10-13/h3-4,6-7,12-13,16H,2,5,8-10H2,1H3. The van der Waals surface area contributed by atoms with Gasteiger partial charge in [0.2, 0.25) is 0 Å². The predicted molar refractivity (Wildman–Crippen MR) is 67.1 cm³/mol. The maximum atomic E-state index is 10.6. The summed E-state index contributed by atoms with van der Waals surface area (Å²) in [5, 5.41) is 10.6. The van der Waals surface area contributed by atoms with E-state index in [1.807, 2.05) is 18.2 Å². The van der Waals surface area contributed by atoms with Gasteiger partial charge in [0.25, 0.3) is 0 Å². The van der Waals surface area contributed by atoms with E-state index in [1.54, 1.807) is 0 Å². The highest BCUT2D eigenvalue weighted by Crippen LogP contribution is 2.53. The van der Waals surface area contributed by atoms with Gasteiger partial charge in [0, 0.05) is 5.92 Å². The van der Waals surface area contributed by atoms with Crippen LogP contribution >= 0.6 is 0 Å². The highest BCUT2D eigenvalue weighted by Gasteiger charge is 2.57. The van der Waals surface area contributed by atoms with Crippen LogP contribution in [-0.4, -0.2) is 17.3 Å². The molecule has 3 unspecified atom stereocenters. The van der Waals surface area contributed by atoms with Crippen LogP contribution in [0.25, 0.3) is 0 Å². The Balaban J connectivity index is 1.73. The van der Waals surface area contributed by atoms with Crippen molar-refractivity contribution < 1.29 is 9.84 Å². The predicted octanol–water partition coefficient (Wildman–Crippen LogP) is 2.79. The van der Waals surface area contributed by atoms with Gasteiger partial charge < -0.3 is 9.84 Å². The van der Waals surface area contributed by atoms with Crippen LogP contribution in [0.4, 0.5) is 0 Å². The molecule has 1 aliphatic heterocycles. The van der Waals surface area contributed by atoms with Crippen LogP contribution in [-0.2, 0) is 6.42 Å². The van der Waals surface area contributed by atoms with Crippen molar-refractivity contribution in [1.29, 1.82) is 0 Å². The lowest BCUT2D eigenvalue weighted by molar-refractivity contribution is 0.0291. The van der Waals surface area contributed by atoms with E-state index < -0.39 is 5.60 Å². The van der Waals surface area contributed by atoms with Crippen molar-refractivity contribution in [3.63, 3.8) is 0 Å². The Morgan fingerprint density at radius 2 is 2.24 bits per heavy atom. The molecular weight excluding hydrogens is 212 g/mol. The van der Waals surface area contributed by atoms with Crippen molar-refractivity contribution in [1.82, 2.24) is 0 Å². The Labute approximate surface area is 103 Å². The minimum Gasteiger partial charge on any atom is -0.493 e. The van der Waals surface area contributed by atoms with Gasteiger partial charge in [-0.2, -0.15) is 0 Å². The lowest BCUT2D eigenvalue weighted by Crippen LogP contribution is -2.34. The first-order chi connectivity index (χ1) is 8.24. The van der Waals surface area contributed by atoms with Crippen molar-refractivity contribution in [2.75, 3.05) is 6.61 Å². The number of para-hydroxylation sites is 1. The van der Waals surface area contributed by atoms with Crippen LogP contribution in [0.1, 0.15) is 31.7 Å². The van der Waals surface area contributed by atoms with Crippen LogP contribution in [0.3, 0.4) is 0 Å². The molecule has 0 bridgehead atoms. The van der Waals surface area contributed by atoms with Gasteiger partial charge >= 0.3 is 0 Å². The Hall–Kier alpha value is -1.02. The number of fused-ring (bicyclic) bond motifs is 1. The van der Waals surface area contributed by atoms with Crippen LogP contribution in [0.15, 0.2) is 24.3 Å². The molecule has 1 fully saturated rings. The summed E-state index contributed by atoms with van der Waals surface area (Å²) in [5.74, 6) is 1.79. The number of rotatable bonds is 3. The summed E-state index contributed by atoms with van der Waals surface area (Å²) in [6, 6.07) is 8.18. The number of aliphatic hydroxyl groups is 1. The van der Waals surface area contributed by atoms with Gasteiger partial charge in [-0.25, -0.2) is 0 Å². The maximum absolute atomic E-state index is 10.6. The Bertz CT molecular complexity index is 415. The fourth-order valence-corrected chi connectivity index (χ4v) is 3.19. The van der Waals surface area contributed by atoms with Crippen LogP contribution in [0.5, 0.6) is 5.75 Å². The van der Waals surface area contributed by atoms with Crippen molar-refractivity contribution >= 4 is 0 Å². The van der Waals surface area contributed by atoms with E-state index in [-0.39, 0.29) is 5.92 Å². The van der Waals surface area contributed by atoms with E-state index in [1.165, 1.54) is 5.56 Å². The fourth-order valence-electron chi connectivity index (χ4n) is 3.19. The molecule has 0 saturated heterocycles. The van der Waals surface area contributed by atoms with E-state index in [0.717, 1.165) is 31.4 Å². The molecule has 2 nitrogen and oxygen atoms in total. The third-order valence-corrected chi connectivity index (χ3v) is 4.34. The first kappa shape index (κ1) is 11.1. The van der Waals surface area contributed by atoms with Gasteiger partial charge in [-0.05, 0) is 36.8 Å². The summed E-state index contributed by atoms with van der Waals surface area (Å²) in [7, 11) is 0. The molecule has 1 aliphatic carbocycles. The number of hydrogen-bond acceptors (Lipinski definition) is 2. The Morgan fingerprint density at radius 1 is 1.41 bits per heavy atom. The Kier molecular flexibility index (Phi) is 2.62. The van der Waals surface area contributed by atoms with Gasteiger partial charge in [-0.3, -0.25) is 0 Å². The van der Waals surface area contributed by atoms with Crippen molar-refractivity contribution in [2.45, 2.75) is 38.2 Å². The molecule has 17 heavy (non-hydrogen) atoms. The second-order valence-electron chi connectivity index (χ2n) is 5.50. The molecular formula is C15H20O2. The highest BCUT2D eigenvalue weighted by atomic mass is 16.5. The van der Waals surface area contributed by atoms with E-state index in [9.17, 15) is 5.11 Å². The summed E-state index contributed by atoms with van der Waals surface area (Å²) in [6.07, 6.45) is 4.25. The molecule has 0 radical (unpaired) electrons. The molecule has 1 aromatic carbocycles. The van der Waals surface area contributed by atoms with Crippen LogP contribution in [0.2, 0.25) is 0 Å². The minimum atomic E-state index is -0.441. The molecule has 3 atom stereocenters. The topological polar surface area (TPSA) is 29.5 Å². The molecule has 1 N–H and O–H groups in total. The molecule has 1 aromatic rings. The first-order valence-corrected chi connectivity index (χ1v) is 6.67. The molecule has 1 saturated carbocycles. The van der Waals surface area contributed by atoms with Crippen molar-refractivity contribution in [3.8, 4) is 5.75 Å². The normalized spacial score (nSPS) is 34.9. The average Bonchev–Trinajstić information content (AvgIpc) is 3.01. The number of ether oxygens (including phenoxy) is 1. The van der Waals surface area contributed by atoms with E-state index in [0.29, 0.717) is 12.5 Å². The zero-order valence-electron chi connectivity index (χ0n) is 10.4. The van der Waals surface area contributed by atoms with Crippen LogP contribution in [0, 0.1) is 11.8 Å². The van der Waals surface area contributed by atoms with Crippen molar-refractivity contribution in [2.24, 2.45) is 11.8 Å². The quantitative estimate of drug-likeness (QED) is 0.868. The average molecular weight is 232 g/mol. The van der Waals surface area contributed by atoms with Crippen molar-refractivity contribution in [3.05, 3.63) is 29.8 Å². The number of hydrogen-bond donors (Lipinski definition) is 1. The zero-order valence-corrected chi connectivity index (χ0v) is 10.4. The van der Waals surface area contributed by atoms with Gasteiger partial charge in [0.05, 0.1) is 12.2 Å². The SMILES string of the molecule is CCCC1CC1(O)C1COc2ccccc2C1. The lowest BCUT2D eigenvalue weighted by atomic mass is 9.88. The van der Waals surface area contributed by atoms with E-state index in [2.05, 4.69) is 13.0 Å². The first-order valence-electron chi connectivity index (χ1n) is 6.67. The number of benzene rings is 1. The molecule has 2 aliphatic rings. The van der Waals surface area contributed by atoms with E-state index >= 15 is 0 Å². The molecule has 0 aromatic heterocycles. The molecule has 0 spiro atoms. The highest BCUT2D eigenvalue weighted by molar-refractivity contribution is 5.36. The molecule has 1 heterocycles. The Morgan fingerprint density at radius 3 is 3.06 bits per heavy atom. The maximum Gasteiger partial charge on any atom is 0.122 e. The van der Waals surface area contributed by atoms with Gasteiger partial charge in [0.1, 0.15) is 5.75 Å². The molecule has 2 heteroatoms. The summed E-state index contributed by atoms with van der Waals surface area (Å²) < 4.78 is 5.77. The third kappa shape index (κ3) is 1.85. The monoisotopic (exact) mass is 232 g/mol. The fraction of sp³-hybridized carbons (Fsp3) is 0.600. The second kappa shape index (κ2) is 4.02. The smallest absolute Gasteiger partial charge is 0.122 e. The zero-order chi connectivity index (χ0) is 11.9. The summed E-state index contributed by atoms with van der Waals surface area (Å²) in [4.78, 5) is 0. The van der Waals surface area contributed by atoms with Gasteiger partial charge in [-0.15, -0.1) is 0 Å². The summed E-state index contributed by atoms with van der Waals surface area (Å²) in [5.41, 5.74) is 0.808. The largest absolute Gasteiger partial charge is 0.493 e. The third-order valence-electron chi connectivity index (χ3n) is 4.34. The summed E-state index contributed by atoms with van der Waals surface area (Å²) in [6.45, 7) is 2.86. The summed E-state index contributed by atoms with van der Waals surface area (Å²) >= 11 is 0. The van der Waals surface area contributed by atoms with Gasteiger partial charge in [0.15, 0.2) is 0 Å². The molecule has 3 rings (SSSR count). The molecule has 0 amide bonds. The lowest BCUT2D eigenvalue weighted by Gasteiger charge is -2.29. The minimum absolute atomic E-state index is 0.286.